The molecule has 3 aromatic rings. The minimum Gasteiger partial charge on any atom is -0.495 e. The molecule has 0 aliphatic carbocycles. The predicted molar refractivity (Wildman–Crippen MR) is 93.2 cm³/mol. The molecule has 0 aliphatic rings. The van der Waals surface area contributed by atoms with Crippen LogP contribution in [0.3, 0.4) is 0 Å². The molecule has 0 radical (unpaired) electrons. The summed E-state index contributed by atoms with van der Waals surface area (Å²) in [5, 5.41) is 22.9. The molecule has 0 atom stereocenters. The Bertz CT molecular complexity index is 1120. The lowest BCUT2D eigenvalue weighted by Crippen LogP contribution is -2.12. The van der Waals surface area contributed by atoms with Crippen molar-refractivity contribution in [3.8, 4) is 11.6 Å². The number of fused-ring (bicyclic) bond motifs is 1. The van der Waals surface area contributed by atoms with E-state index in [4.69, 9.17) is 9.88 Å². The Labute approximate surface area is 148 Å². The van der Waals surface area contributed by atoms with Crippen molar-refractivity contribution in [1.29, 1.82) is 0 Å². The number of aromatic hydroxyl groups is 1. The van der Waals surface area contributed by atoms with E-state index in [9.17, 15) is 18.3 Å². The number of amides is 1. The van der Waals surface area contributed by atoms with Gasteiger partial charge < -0.3 is 14.8 Å². The van der Waals surface area contributed by atoms with Crippen LogP contribution in [0.25, 0.3) is 10.9 Å². The number of methoxy groups -OCH3 is 1. The van der Waals surface area contributed by atoms with Gasteiger partial charge in [0, 0.05) is 10.9 Å². The van der Waals surface area contributed by atoms with E-state index in [1.54, 1.807) is 18.2 Å². The number of H-pyrrole nitrogens is 1. The van der Waals surface area contributed by atoms with Crippen molar-refractivity contribution < 1.29 is 23.1 Å². The zero-order chi connectivity index (χ0) is 18.9. The second kappa shape index (κ2) is 6.58. The topological polar surface area (TPSA) is 147 Å². The van der Waals surface area contributed by atoms with E-state index in [2.05, 4.69) is 15.2 Å². The summed E-state index contributed by atoms with van der Waals surface area (Å²) in [6, 6.07) is 10.1. The molecule has 4 N–H and O–H groups in total. The van der Waals surface area contributed by atoms with Crippen molar-refractivity contribution in [1.82, 2.24) is 4.98 Å². The lowest BCUT2D eigenvalue weighted by atomic mass is 10.2. The fourth-order valence-electron chi connectivity index (χ4n) is 2.37. The van der Waals surface area contributed by atoms with E-state index in [1.807, 2.05) is 0 Å². The van der Waals surface area contributed by atoms with E-state index >= 15 is 0 Å². The van der Waals surface area contributed by atoms with Gasteiger partial charge in [0.2, 0.25) is 15.9 Å². The molecule has 1 aromatic heterocycles. The first-order valence-electron chi connectivity index (χ1n) is 7.28. The fraction of sp³-hybridized carbons (Fsp3) is 0.0625. The number of primary sulfonamides is 1. The largest absolute Gasteiger partial charge is 0.495 e. The summed E-state index contributed by atoms with van der Waals surface area (Å²) in [4.78, 5) is 14.7. The van der Waals surface area contributed by atoms with Crippen molar-refractivity contribution in [3.63, 3.8) is 0 Å². The molecular weight excluding hydrogens is 360 g/mol. The molecule has 0 saturated heterocycles. The molecule has 9 nitrogen and oxygen atoms in total. The number of nitrogens with one attached hydrogen (secondary N) is 1. The first kappa shape index (κ1) is 17.6. The van der Waals surface area contributed by atoms with E-state index in [0.29, 0.717) is 16.7 Å². The first-order valence-corrected chi connectivity index (χ1v) is 8.82. The van der Waals surface area contributed by atoms with Crippen molar-refractivity contribution in [2.24, 2.45) is 15.4 Å². The van der Waals surface area contributed by atoms with E-state index in [-0.39, 0.29) is 22.0 Å². The lowest BCUT2D eigenvalue weighted by Gasteiger charge is -2.00. The Morgan fingerprint density at radius 2 is 1.88 bits per heavy atom. The van der Waals surface area contributed by atoms with Crippen molar-refractivity contribution in [3.05, 3.63) is 48.0 Å². The van der Waals surface area contributed by atoms with Crippen LogP contribution in [0.15, 0.2) is 57.6 Å². The van der Waals surface area contributed by atoms with E-state index in [1.165, 1.54) is 31.4 Å². The molecule has 134 valence electrons. The quantitative estimate of drug-likeness (QED) is 0.600. The second-order valence-electron chi connectivity index (χ2n) is 5.28. The van der Waals surface area contributed by atoms with Crippen molar-refractivity contribution in [2.45, 2.75) is 4.90 Å². The third-order valence-electron chi connectivity index (χ3n) is 3.64. The van der Waals surface area contributed by atoms with Crippen LogP contribution in [0, 0.1) is 0 Å². The average Bonchev–Trinajstić information content (AvgIpc) is 2.94. The van der Waals surface area contributed by atoms with Gasteiger partial charge in [0.05, 0.1) is 17.5 Å². The molecular formula is C16H14N4O5S. The van der Waals surface area contributed by atoms with Crippen LogP contribution in [0.4, 0.5) is 5.69 Å². The van der Waals surface area contributed by atoms with Crippen molar-refractivity contribution >= 4 is 32.5 Å². The number of aromatic nitrogens is 1. The van der Waals surface area contributed by atoms with Gasteiger partial charge in [-0.15, -0.1) is 10.2 Å². The van der Waals surface area contributed by atoms with Gasteiger partial charge in [0.1, 0.15) is 5.75 Å². The maximum atomic E-state index is 12.1. The van der Waals surface area contributed by atoms with Crippen LogP contribution in [0.1, 0.15) is 10.4 Å². The Balaban J connectivity index is 1.92. The number of carbonyl (C=O) groups is 1. The van der Waals surface area contributed by atoms with Crippen molar-refractivity contribution in [2.75, 3.05) is 7.11 Å². The van der Waals surface area contributed by atoms with Crippen LogP contribution in [0.5, 0.6) is 11.6 Å². The number of hydrogen-bond donors (Lipinski definition) is 3. The molecule has 0 bridgehead atoms. The number of benzene rings is 2. The SMILES string of the molecule is COc1cccc2c(N=NC(=O)c3ccc(S(N)(=O)=O)cc3)c(O)[nH]c12. The fourth-order valence-corrected chi connectivity index (χ4v) is 2.89. The summed E-state index contributed by atoms with van der Waals surface area (Å²) in [7, 11) is -2.36. The normalized spacial score (nSPS) is 11.9. The maximum absolute atomic E-state index is 12.1. The van der Waals surface area contributed by atoms with Crippen LogP contribution in [-0.2, 0) is 10.0 Å². The highest BCUT2D eigenvalue weighted by Crippen LogP contribution is 2.39. The summed E-state index contributed by atoms with van der Waals surface area (Å²) >= 11 is 0. The van der Waals surface area contributed by atoms with Crippen LogP contribution >= 0.6 is 0 Å². The Morgan fingerprint density at radius 1 is 1.19 bits per heavy atom. The first-order chi connectivity index (χ1) is 12.3. The summed E-state index contributed by atoms with van der Waals surface area (Å²) < 4.78 is 27.6. The highest BCUT2D eigenvalue weighted by Gasteiger charge is 2.15. The van der Waals surface area contributed by atoms with E-state index < -0.39 is 15.9 Å². The number of nitrogens with zero attached hydrogens (tertiary/aromatic N) is 2. The maximum Gasteiger partial charge on any atom is 0.295 e. The zero-order valence-corrected chi connectivity index (χ0v) is 14.3. The van der Waals surface area contributed by atoms with Gasteiger partial charge in [-0.1, -0.05) is 12.1 Å². The molecule has 26 heavy (non-hydrogen) atoms. The standard InChI is InChI=1S/C16H14N4O5S/c1-25-12-4-2-3-11-13(12)18-16(22)14(11)19-20-15(21)9-5-7-10(8-6-9)26(17,23)24/h2-8,18,22H,1H3,(H2,17,23,24). The number of para-hydroxylation sites is 1. The zero-order valence-electron chi connectivity index (χ0n) is 13.5. The summed E-state index contributed by atoms with van der Waals surface area (Å²) in [6.07, 6.45) is 0. The molecule has 3 rings (SSSR count). The molecule has 0 unspecified atom stereocenters. The third kappa shape index (κ3) is 3.27. The molecule has 0 spiro atoms. The third-order valence-corrected chi connectivity index (χ3v) is 4.57. The van der Waals surface area contributed by atoms with Gasteiger partial charge in [0.25, 0.3) is 5.91 Å². The molecule has 1 heterocycles. The average molecular weight is 374 g/mol. The number of azo groups is 1. The van der Waals surface area contributed by atoms with Gasteiger partial charge >= 0.3 is 0 Å². The Morgan fingerprint density at radius 3 is 2.50 bits per heavy atom. The number of aromatic amines is 1. The smallest absolute Gasteiger partial charge is 0.295 e. The number of carbonyl (C=O) groups excluding carboxylic acids is 1. The second-order valence-corrected chi connectivity index (χ2v) is 6.84. The minimum absolute atomic E-state index is 0.0911. The van der Waals surface area contributed by atoms with Gasteiger partial charge in [-0.3, -0.25) is 4.79 Å². The molecule has 0 saturated carbocycles. The number of nitrogens with two attached hydrogens (primary N) is 1. The minimum atomic E-state index is -3.84. The summed E-state index contributed by atoms with van der Waals surface area (Å²) in [5.41, 5.74) is 0.734. The van der Waals surface area contributed by atoms with E-state index in [0.717, 1.165) is 0 Å². The highest BCUT2D eigenvalue weighted by atomic mass is 32.2. The van der Waals surface area contributed by atoms with Crippen LogP contribution in [-0.4, -0.2) is 31.5 Å². The summed E-state index contributed by atoms with van der Waals surface area (Å²) in [6.45, 7) is 0. The predicted octanol–water partition coefficient (Wildman–Crippen LogP) is 2.45. The molecule has 10 heteroatoms. The number of rotatable bonds is 4. The van der Waals surface area contributed by atoms with Crippen LogP contribution in [0.2, 0.25) is 0 Å². The van der Waals surface area contributed by atoms with Gasteiger partial charge in [0.15, 0.2) is 5.69 Å². The monoisotopic (exact) mass is 374 g/mol. The summed E-state index contributed by atoms with van der Waals surface area (Å²) in [5.74, 6) is -0.461. The molecule has 0 fully saturated rings. The molecule has 0 aliphatic heterocycles. The van der Waals surface area contributed by atoms with Gasteiger partial charge in [-0.2, -0.15) is 0 Å². The molecule has 1 amide bonds. The lowest BCUT2D eigenvalue weighted by molar-refractivity contribution is 0.0995. The van der Waals surface area contributed by atoms with Gasteiger partial charge in [-0.05, 0) is 30.3 Å². The Kier molecular flexibility index (Phi) is 4.45. The number of hydrogen-bond acceptors (Lipinski definition) is 6. The number of ether oxygens (including phenoxy) is 1. The number of sulfonamides is 1. The van der Waals surface area contributed by atoms with Crippen LogP contribution < -0.4 is 9.88 Å². The Hall–Kier alpha value is -3.24. The highest BCUT2D eigenvalue weighted by molar-refractivity contribution is 7.89. The van der Waals surface area contributed by atoms with Gasteiger partial charge in [-0.25, -0.2) is 13.6 Å². The molecule has 2 aromatic carbocycles.